The summed E-state index contributed by atoms with van der Waals surface area (Å²) in [7, 11) is 1.69. The summed E-state index contributed by atoms with van der Waals surface area (Å²) < 4.78 is 21.2. The number of likely N-dealkylation sites (N-methyl/N-ethyl adjacent to an activating group) is 1. The largest absolute Gasteiger partial charge is 0.481 e. The first-order valence-electron chi connectivity index (χ1n) is 26.9. The Hall–Kier alpha value is -5.83. The normalized spacial score (nSPS) is 12.5. The minimum Gasteiger partial charge on any atom is -0.481 e. The van der Waals surface area contributed by atoms with Crippen molar-refractivity contribution in [1.82, 2.24) is 37.2 Å². The highest BCUT2D eigenvalue weighted by Gasteiger charge is 2.25. The lowest BCUT2D eigenvalue weighted by Crippen LogP contribution is -2.45. The average Bonchev–Trinajstić information content (AvgIpc) is 3.37. The summed E-state index contributed by atoms with van der Waals surface area (Å²) in [5, 5.41) is 55.0. The Balaban J connectivity index is 3.99. The van der Waals surface area contributed by atoms with Crippen molar-refractivity contribution < 1.29 is 92.1 Å². The molecule has 0 bridgehead atoms. The minimum absolute atomic E-state index is 0.0161. The van der Waals surface area contributed by atoms with E-state index in [1.807, 2.05) is 0 Å². The van der Waals surface area contributed by atoms with Gasteiger partial charge >= 0.3 is 23.9 Å². The molecule has 0 aromatic rings. The number of rotatable bonds is 53. The van der Waals surface area contributed by atoms with Crippen LogP contribution < -0.4 is 37.2 Å². The number of ether oxygens (including phenoxy) is 4. The quantitative estimate of drug-likeness (QED) is 0.0383. The Morgan fingerprint density at radius 1 is 0.351 bits per heavy atom. The van der Waals surface area contributed by atoms with Gasteiger partial charge in [0.1, 0.15) is 37.1 Å². The number of amides is 6. The predicted molar refractivity (Wildman–Crippen MR) is 278 cm³/mol. The molecule has 6 amide bonds. The fraction of sp³-hybridized carbons (Fsp3) is 0.784. The lowest BCUT2D eigenvalue weighted by Gasteiger charge is -2.17. The van der Waals surface area contributed by atoms with E-state index in [1.165, 1.54) is 6.92 Å². The van der Waals surface area contributed by atoms with E-state index in [1.54, 1.807) is 7.05 Å². The van der Waals surface area contributed by atoms with Crippen LogP contribution in [0.5, 0.6) is 0 Å². The van der Waals surface area contributed by atoms with Crippen LogP contribution in [0.1, 0.15) is 155 Å². The van der Waals surface area contributed by atoms with Crippen LogP contribution in [0.25, 0.3) is 0 Å². The van der Waals surface area contributed by atoms with Gasteiger partial charge in [-0.25, -0.2) is 14.4 Å². The molecule has 0 radical (unpaired) electrons. The van der Waals surface area contributed by atoms with E-state index >= 15 is 0 Å². The lowest BCUT2D eigenvalue weighted by atomic mass is 10.0. The predicted octanol–water partition coefficient (Wildman–Crippen LogP) is 1.34. The topological polar surface area (TPSA) is 390 Å². The van der Waals surface area contributed by atoms with Gasteiger partial charge in [0.15, 0.2) is 0 Å². The maximum Gasteiger partial charge on any atom is 0.326 e. The second-order valence-electron chi connectivity index (χ2n) is 18.5. The third-order valence-electron chi connectivity index (χ3n) is 11.9. The number of carbonyl (C=O) groups excluding carboxylic acids is 7. The van der Waals surface area contributed by atoms with E-state index in [0.29, 0.717) is 32.2 Å². The molecule has 11 N–H and O–H groups in total. The molecule has 0 heterocycles. The smallest absolute Gasteiger partial charge is 0.326 e. The fourth-order valence-electron chi connectivity index (χ4n) is 7.47. The molecular weight excluding hydrogens is 1010 g/mol. The minimum atomic E-state index is -1.48. The number of unbranched alkanes of at least 4 members (excludes halogenated alkanes) is 12. The molecule has 0 aliphatic rings. The monoisotopic (exact) mass is 1100 g/mol. The second kappa shape index (κ2) is 47.4. The van der Waals surface area contributed by atoms with Gasteiger partial charge < -0.3 is 76.6 Å². The van der Waals surface area contributed by atoms with Gasteiger partial charge in [0, 0.05) is 51.7 Å². The van der Waals surface area contributed by atoms with Crippen LogP contribution >= 0.6 is 0 Å². The first kappa shape index (κ1) is 71.2. The average molecular weight is 1100 g/mol. The van der Waals surface area contributed by atoms with Crippen LogP contribution in [0.3, 0.4) is 0 Å². The Labute approximate surface area is 451 Å². The highest BCUT2D eigenvalue weighted by atomic mass is 16.5. The number of nitrogens with one attached hydrogen (secondary N) is 7. The maximum atomic E-state index is 12.5. The molecule has 4 atom stereocenters. The van der Waals surface area contributed by atoms with Gasteiger partial charge in [-0.3, -0.25) is 38.4 Å². The molecule has 26 heteroatoms. The Bertz CT molecular complexity index is 1760. The highest BCUT2D eigenvalue weighted by Crippen LogP contribution is 2.13. The van der Waals surface area contributed by atoms with Crippen molar-refractivity contribution in [2.75, 3.05) is 79.5 Å². The van der Waals surface area contributed by atoms with E-state index in [9.17, 15) is 68.1 Å². The molecule has 0 saturated heterocycles. The van der Waals surface area contributed by atoms with Crippen molar-refractivity contribution in [2.45, 2.75) is 179 Å². The van der Waals surface area contributed by atoms with Crippen LogP contribution in [-0.4, -0.2) is 189 Å². The molecule has 0 fully saturated rings. The molecule has 0 saturated carbocycles. The van der Waals surface area contributed by atoms with E-state index in [4.69, 9.17) is 24.1 Å². The maximum absolute atomic E-state index is 12.5. The molecule has 0 rings (SSSR count). The van der Waals surface area contributed by atoms with Gasteiger partial charge in [-0.1, -0.05) is 64.2 Å². The van der Waals surface area contributed by atoms with Crippen LogP contribution in [0.4, 0.5) is 0 Å². The highest BCUT2D eigenvalue weighted by molar-refractivity contribution is 5.87. The summed E-state index contributed by atoms with van der Waals surface area (Å²) in [6.45, 7) is 1.82. The molecule has 77 heavy (non-hydrogen) atoms. The Morgan fingerprint density at radius 2 is 0.714 bits per heavy atom. The zero-order valence-corrected chi connectivity index (χ0v) is 45.3. The van der Waals surface area contributed by atoms with Crippen LogP contribution in [0.15, 0.2) is 0 Å². The number of ketones is 1. The molecule has 0 spiro atoms. The first-order chi connectivity index (χ1) is 36.9. The van der Waals surface area contributed by atoms with Crippen molar-refractivity contribution in [1.29, 1.82) is 0 Å². The molecule has 0 aromatic carbocycles. The van der Waals surface area contributed by atoms with Gasteiger partial charge in [0.05, 0.1) is 45.7 Å². The van der Waals surface area contributed by atoms with Crippen LogP contribution in [0.2, 0.25) is 0 Å². The van der Waals surface area contributed by atoms with E-state index < -0.39 is 84.6 Å². The number of hydrogen-bond acceptors (Lipinski definition) is 16. The summed E-state index contributed by atoms with van der Waals surface area (Å²) in [6, 6.07) is -4.33. The van der Waals surface area contributed by atoms with Crippen molar-refractivity contribution in [3.05, 3.63) is 0 Å². The number of Topliss-reactive ketones (excluding diaryl/α,β-unsaturated/α-hetero) is 1. The number of aliphatic carboxylic acids is 4. The molecule has 0 aromatic heterocycles. The van der Waals surface area contributed by atoms with Crippen molar-refractivity contribution >= 4 is 65.1 Å². The van der Waals surface area contributed by atoms with Crippen LogP contribution in [0, 0.1) is 0 Å². The number of hydrogen-bond donors (Lipinski definition) is 11. The van der Waals surface area contributed by atoms with E-state index in [0.717, 1.165) is 70.6 Å². The number of carbonyl (C=O) groups is 11. The molecule has 0 unspecified atom stereocenters. The molecule has 442 valence electrons. The fourth-order valence-corrected chi connectivity index (χ4v) is 7.47. The van der Waals surface area contributed by atoms with E-state index in [-0.39, 0.29) is 122 Å². The van der Waals surface area contributed by atoms with Gasteiger partial charge in [-0.05, 0) is 65.3 Å². The van der Waals surface area contributed by atoms with Crippen molar-refractivity contribution in [2.24, 2.45) is 0 Å². The zero-order chi connectivity index (χ0) is 57.5. The second-order valence-corrected chi connectivity index (χ2v) is 18.5. The summed E-state index contributed by atoms with van der Waals surface area (Å²) in [5.41, 5.74) is 0. The molecule has 0 aliphatic carbocycles. The van der Waals surface area contributed by atoms with Gasteiger partial charge in [-0.2, -0.15) is 0 Å². The third-order valence-corrected chi connectivity index (χ3v) is 11.9. The standard InChI is InChI=1S/C51H89N7O19/c1-37(59)38(52-2)17-15-16-26-53-42(60)23-20-40(50(70)71)57-45(63)25-22-41(51(72)73)58-47(65)36-77-34-32-75-30-28-55-46(64)35-76-33-31-74-29-27-54-43(61)24-21-39(49(68)69)56-44(62)18-13-11-9-7-5-3-4-6-8-10-12-14-19-48(66)67/h38-41,52H,3-36H2,1-2H3,(H,53,60)(H,54,61)(H,55,64)(H,56,62)(H,57,63)(H,58,65)(H,66,67)(H,68,69)(H,70,71)(H,72,73)/t38-,39-,40-,41-/m0/s1. The van der Waals surface area contributed by atoms with E-state index in [2.05, 4.69) is 37.2 Å². The van der Waals surface area contributed by atoms with Gasteiger partial charge in [-0.15, -0.1) is 0 Å². The number of carboxylic acids is 4. The van der Waals surface area contributed by atoms with Gasteiger partial charge in [0.2, 0.25) is 35.4 Å². The number of carboxylic acid groups (broad SMARTS) is 4. The lowest BCUT2D eigenvalue weighted by molar-refractivity contribution is -0.144. The molecule has 26 nitrogen and oxygen atoms in total. The summed E-state index contributed by atoms with van der Waals surface area (Å²) in [6.07, 6.45) is 13.0. The zero-order valence-electron chi connectivity index (χ0n) is 45.3. The summed E-state index contributed by atoms with van der Waals surface area (Å²) in [4.78, 5) is 131. The molecule has 0 aliphatic heterocycles. The van der Waals surface area contributed by atoms with Crippen molar-refractivity contribution in [3.63, 3.8) is 0 Å². The van der Waals surface area contributed by atoms with Crippen molar-refractivity contribution in [3.8, 4) is 0 Å². The Morgan fingerprint density at radius 3 is 1.14 bits per heavy atom. The van der Waals surface area contributed by atoms with Gasteiger partial charge in [0.25, 0.3) is 0 Å². The first-order valence-corrected chi connectivity index (χ1v) is 26.9. The SMILES string of the molecule is CN[C@@H](CCCCNC(=O)CC[C@H](NC(=O)CC[C@H](NC(=O)COCCOCCNC(=O)COCCOCCNC(=O)CC[C@H](NC(=O)CCCCCCCCCCCCCCC(=O)O)C(=O)O)C(=O)O)C(=O)O)C(C)=O. The summed E-state index contributed by atoms with van der Waals surface area (Å²) >= 11 is 0. The third kappa shape index (κ3) is 43.9. The van der Waals surface area contributed by atoms with Crippen LogP contribution in [-0.2, 0) is 71.7 Å². The Kier molecular flexibility index (Phi) is 43.8. The summed E-state index contributed by atoms with van der Waals surface area (Å²) in [5.74, 6) is -7.92. The molecular formula is C51H89N7O19.